The Kier molecular flexibility index (Phi) is 6.89. The van der Waals surface area contributed by atoms with Gasteiger partial charge in [-0.1, -0.05) is 53.8 Å². The third-order valence-electron chi connectivity index (χ3n) is 2.77. The lowest BCUT2D eigenvalue weighted by Crippen LogP contribution is -2.25. The van der Waals surface area contributed by atoms with Gasteiger partial charge in [0, 0.05) is 16.3 Å². The molecule has 2 aromatic rings. The van der Waals surface area contributed by atoms with Crippen molar-refractivity contribution in [1.29, 1.82) is 0 Å². The number of carbonyl (C=O) groups is 1. The predicted molar refractivity (Wildman–Crippen MR) is 93.9 cm³/mol. The number of benzene rings is 2. The number of nitrogens with one attached hydrogen (secondary N) is 1. The van der Waals surface area contributed by atoms with Crippen molar-refractivity contribution < 1.29 is 4.79 Å². The first-order valence-corrected chi connectivity index (χ1v) is 8.40. The van der Waals surface area contributed by atoms with E-state index in [9.17, 15) is 4.79 Å². The van der Waals surface area contributed by atoms with Gasteiger partial charge in [0.25, 0.3) is 0 Å². The molecule has 22 heavy (non-hydrogen) atoms. The molecule has 0 fully saturated rings. The average Bonchev–Trinajstić information content (AvgIpc) is 2.53. The Labute approximate surface area is 140 Å². The molecule has 2 aromatic carbocycles. The quantitative estimate of drug-likeness (QED) is 0.847. The Morgan fingerprint density at radius 2 is 1.95 bits per heavy atom. The molecule has 0 aliphatic carbocycles. The van der Waals surface area contributed by atoms with Crippen molar-refractivity contribution in [2.24, 2.45) is 0 Å². The lowest BCUT2D eigenvalue weighted by molar-refractivity contribution is -0.118. The third-order valence-corrected chi connectivity index (χ3v) is 4.01. The standard InChI is InChI=1S/C18H16ClNOS/c19-17-10-4-8-16(12-17)13-22-14-18(21)20-11-5-9-15-6-2-1-3-7-15/h1-4,6-8,10,12H,11,13-14H2,(H,20,21). The van der Waals surface area contributed by atoms with Crippen LogP contribution in [0.1, 0.15) is 11.1 Å². The van der Waals surface area contributed by atoms with Crippen LogP contribution in [0.3, 0.4) is 0 Å². The highest BCUT2D eigenvalue weighted by molar-refractivity contribution is 7.99. The summed E-state index contributed by atoms with van der Waals surface area (Å²) in [5.41, 5.74) is 2.07. The molecule has 0 aliphatic rings. The minimum absolute atomic E-state index is 0.00519. The van der Waals surface area contributed by atoms with E-state index in [1.54, 1.807) is 11.8 Å². The van der Waals surface area contributed by atoms with Crippen molar-refractivity contribution >= 4 is 29.3 Å². The van der Waals surface area contributed by atoms with Crippen molar-refractivity contribution in [2.75, 3.05) is 12.3 Å². The molecule has 0 saturated carbocycles. The largest absolute Gasteiger partial charge is 0.344 e. The van der Waals surface area contributed by atoms with Crippen LogP contribution < -0.4 is 5.32 Å². The van der Waals surface area contributed by atoms with E-state index < -0.39 is 0 Å². The number of hydrogen-bond donors (Lipinski definition) is 1. The Hall–Kier alpha value is -1.89. The molecule has 0 bridgehead atoms. The summed E-state index contributed by atoms with van der Waals surface area (Å²) in [6.45, 7) is 0.367. The number of thioether (sulfide) groups is 1. The van der Waals surface area contributed by atoms with Crippen LogP contribution in [0, 0.1) is 11.8 Å². The molecule has 0 aliphatic heterocycles. The van der Waals surface area contributed by atoms with Gasteiger partial charge < -0.3 is 5.32 Å². The first-order chi connectivity index (χ1) is 10.7. The van der Waals surface area contributed by atoms with Gasteiger partial charge in [-0.05, 0) is 29.8 Å². The van der Waals surface area contributed by atoms with Crippen molar-refractivity contribution in [2.45, 2.75) is 5.75 Å². The van der Waals surface area contributed by atoms with Crippen LogP contribution in [0.15, 0.2) is 54.6 Å². The molecule has 0 spiro atoms. The van der Waals surface area contributed by atoms with Crippen LogP contribution in [0.25, 0.3) is 0 Å². The zero-order chi connectivity index (χ0) is 15.6. The van der Waals surface area contributed by atoms with Gasteiger partial charge in [0.05, 0.1) is 12.3 Å². The van der Waals surface area contributed by atoms with Gasteiger partial charge in [0.15, 0.2) is 0 Å². The Bertz CT molecular complexity index is 676. The van der Waals surface area contributed by atoms with Crippen LogP contribution in [-0.2, 0) is 10.5 Å². The van der Waals surface area contributed by atoms with Crippen LogP contribution in [0.4, 0.5) is 0 Å². The molecule has 2 rings (SSSR count). The van der Waals surface area contributed by atoms with Crippen LogP contribution in [0.2, 0.25) is 5.02 Å². The highest BCUT2D eigenvalue weighted by atomic mass is 35.5. The minimum Gasteiger partial charge on any atom is -0.344 e. The van der Waals surface area contributed by atoms with Gasteiger partial charge in [-0.3, -0.25) is 4.79 Å². The fourth-order valence-corrected chi connectivity index (χ4v) is 2.77. The van der Waals surface area contributed by atoms with Gasteiger partial charge in [0.2, 0.25) is 5.91 Å². The number of hydrogen-bond acceptors (Lipinski definition) is 2. The van der Waals surface area contributed by atoms with E-state index in [1.165, 1.54) is 0 Å². The highest BCUT2D eigenvalue weighted by Crippen LogP contribution is 2.16. The fourth-order valence-electron chi connectivity index (χ4n) is 1.75. The summed E-state index contributed by atoms with van der Waals surface area (Å²) in [6, 6.07) is 17.4. The van der Waals surface area contributed by atoms with Gasteiger partial charge >= 0.3 is 0 Å². The molecule has 1 N–H and O–H groups in total. The van der Waals surface area contributed by atoms with E-state index in [4.69, 9.17) is 11.6 Å². The predicted octanol–water partition coefficient (Wildman–Crippen LogP) is 3.74. The summed E-state index contributed by atoms with van der Waals surface area (Å²) in [5, 5.41) is 3.51. The maximum Gasteiger partial charge on any atom is 0.230 e. The highest BCUT2D eigenvalue weighted by Gasteiger charge is 2.01. The summed E-state index contributed by atoms with van der Waals surface area (Å²) in [7, 11) is 0. The van der Waals surface area contributed by atoms with E-state index in [2.05, 4.69) is 17.2 Å². The molecule has 0 unspecified atom stereocenters. The fraction of sp³-hybridized carbons (Fsp3) is 0.167. The minimum atomic E-state index is -0.00519. The molecule has 1 amide bonds. The van der Waals surface area contributed by atoms with Crippen molar-refractivity contribution in [1.82, 2.24) is 5.32 Å². The van der Waals surface area contributed by atoms with E-state index in [-0.39, 0.29) is 5.91 Å². The van der Waals surface area contributed by atoms with E-state index in [0.29, 0.717) is 12.3 Å². The van der Waals surface area contributed by atoms with Crippen LogP contribution in [-0.4, -0.2) is 18.2 Å². The summed E-state index contributed by atoms with van der Waals surface area (Å²) >= 11 is 7.48. The van der Waals surface area contributed by atoms with Crippen molar-refractivity contribution in [3.8, 4) is 11.8 Å². The molecule has 0 heterocycles. The smallest absolute Gasteiger partial charge is 0.230 e. The van der Waals surface area contributed by atoms with E-state index in [0.717, 1.165) is 21.9 Å². The Morgan fingerprint density at radius 1 is 1.14 bits per heavy atom. The maximum atomic E-state index is 11.7. The summed E-state index contributed by atoms with van der Waals surface area (Å²) in [4.78, 5) is 11.7. The zero-order valence-corrected chi connectivity index (χ0v) is 13.6. The second-order valence-corrected chi connectivity index (χ2v) is 5.99. The van der Waals surface area contributed by atoms with Gasteiger partial charge in [0.1, 0.15) is 0 Å². The van der Waals surface area contributed by atoms with Gasteiger partial charge in [-0.25, -0.2) is 0 Å². The molecule has 4 heteroatoms. The molecular weight excluding hydrogens is 314 g/mol. The maximum absolute atomic E-state index is 11.7. The molecule has 112 valence electrons. The summed E-state index contributed by atoms with van der Waals surface area (Å²) in [6.07, 6.45) is 0. The number of carbonyl (C=O) groups excluding carboxylic acids is 1. The number of rotatable bonds is 5. The van der Waals surface area contributed by atoms with Crippen molar-refractivity contribution in [3.63, 3.8) is 0 Å². The van der Waals surface area contributed by atoms with E-state index >= 15 is 0 Å². The van der Waals surface area contributed by atoms with Crippen molar-refractivity contribution in [3.05, 3.63) is 70.7 Å². The summed E-state index contributed by atoms with van der Waals surface area (Å²) < 4.78 is 0. The second kappa shape index (κ2) is 9.19. The first-order valence-electron chi connectivity index (χ1n) is 6.87. The Morgan fingerprint density at radius 3 is 2.73 bits per heavy atom. The normalized spacial score (nSPS) is 9.68. The first kappa shape index (κ1) is 16.5. The lowest BCUT2D eigenvalue weighted by Gasteiger charge is -2.03. The number of halogens is 1. The zero-order valence-electron chi connectivity index (χ0n) is 12.0. The summed E-state index contributed by atoms with van der Waals surface area (Å²) in [5.74, 6) is 7.12. The molecule has 0 saturated heterocycles. The monoisotopic (exact) mass is 329 g/mol. The molecular formula is C18H16ClNOS. The molecule has 0 radical (unpaired) electrons. The molecule has 0 atom stereocenters. The van der Waals surface area contributed by atoms with Crippen LogP contribution in [0.5, 0.6) is 0 Å². The van der Waals surface area contributed by atoms with Gasteiger partial charge in [-0.15, -0.1) is 11.8 Å². The van der Waals surface area contributed by atoms with E-state index in [1.807, 2.05) is 54.6 Å². The number of amides is 1. The average molecular weight is 330 g/mol. The second-order valence-electron chi connectivity index (χ2n) is 4.57. The van der Waals surface area contributed by atoms with Gasteiger partial charge in [-0.2, -0.15) is 0 Å². The molecule has 2 nitrogen and oxygen atoms in total. The topological polar surface area (TPSA) is 29.1 Å². The third kappa shape index (κ3) is 6.26. The lowest BCUT2D eigenvalue weighted by atomic mass is 10.2. The Balaban J connectivity index is 1.65. The SMILES string of the molecule is O=C(CSCc1cccc(Cl)c1)NCC#Cc1ccccc1. The molecule has 0 aromatic heterocycles. The van der Waals surface area contributed by atoms with Crippen LogP contribution >= 0.6 is 23.4 Å².